The highest BCUT2D eigenvalue weighted by Crippen LogP contribution is 2.26. The van der Waals surface area contributed by atoms with E-state index in [2.05, 4.69) is 25.5 Å². The first kappa shape index (κ1) is 17.8. The SMILES string of the molecule is Fc1cccc(F)c1CCOC1CCC(Nc2ncnc3[nH]ncc23)CC1. The van der Waals surface area contributed by atoms with E-state index in [1.54, 1.807) is 6.20 Å². The molecule has 0 radical (unpaired) electrons. The summed E-state index contributed by atoms with van der Waals surface area (Å²) in [6.07, 6.45) is 7.29. The number of fused-ring (bicyclic) bond motifs is 1. The summed E-state index contributed by atoms with van der Waals surface area (Å²) in [5.74, 6) is -0.239. The summed E-state index contributed by atoms with van der Waals surface area (Å²) in [7, 11) is 0. The van der Waals surface area contributed by atoms with E-state index in [9.17, 15) is 8.78 Å². The predicted molar refractivity (Wildman–Crippen MR) is 97.4 cm³/mol. The minimum atomic E-state index is -0.512. The molecule has 27 heavy (non-hydrogen) atoms. The van der Waals surface area contributed by atoms with Gasteiger partial charge in [0, 0.05) is 18.0 Å². The van der Waals surface area contributed by atoms with Gasteiger partial charge in [-0.3, -0.25) is 5.10 Å². The Balaban J connectivity index is 1.25. The summed E-state index contributed by atoms with van der Waals surface area (Å²) in [6.45, 7) is 0.322. The van der Waals surface area contributed by atoms with Gasteiger partial charge in [-0.1, -0.05) is 6.07 Å². The van der Waals surface area contributed by atoms with Crippen LogP contribution in [-0.4, -0.2) is 38.9 Å². The number of hydrogen-bond donors (Lipinski definition) is 2. The zero-order valence-corrected chi connectivity index (χ0v) is 14.8. The zero-order chi connectivity index (χ0) is 18.6. The van der Waals surface area contributed by atoms with Crippen LogP contribution in [0.25, 0.3) is 11.0 Å². The molecule has 2 N–H and O–H groups in total. The van der Waals surface area contributed by atoms with Crippen LogP contribution in [0.3, 0.4) is 0 Å². The van der Waals surface area contributed by atoms with Crippen molar-refractivity contribution in [2.75, 3.05) is 11.9 Å². The average molecular weight is 373 g/mol. The number of rotatable bonds is 6. The van der Waals surface area contributed by atoms with Crippen LogP contribution in [0.2, 0.25) is 0 Å². The molecule has 1 saturated carbocycles. The molecule has 0 saturated heterocycles. The highest BCUT2D eigenvalue weighted by Gasteiger charge is 2.23. The van der Waals surface area contributed by atoms with E-state index >= 15 is 0 Å². The second kappa shape index (κ2) is 7.96. The van der Waals surface area contributed by atoms with Crippen molar-refractivity contribution in [3.05, 3.63) is 47.9 Å². The maximum atomic E-state index is 13.6. The quantitative estimate of drug-likeness (QED) is 0.690. The Morgan fingerprint density at radius 3 is 2.67 bits per heavy atom. The summed E-state index contributed by atoms with van der Waals surface area (Å²) in [5, 5.41) is 11.2. The Hall–Kier alpha value is -2.61. The lowest BCUT2D eigenvalue weighted by Crippen LogP contribution is -2.30. The van der Waals surface area contributed by atoms with Crippen molar-refractivity contribution in [3.63, 3.8) is 0 Å². The van der Waals surface area contributed by atoms with E-state index in [4.69, 9.17) is 4.74 Å². The largest absolute Gasteiger partial charge is 0.378 e. The third kappa shape index (κ3) is 4.05. The molecule has 0 bridgehead atoms. The monoisotopic (exact) mass is 373 g/mol. The molecule has 1 aliphatic carbocycles. The van der Waals surface area contributed by atoms with Crippen LogP contribution in [-0.2, 0) is 11.2 Å². The van der Waals surface area contributed by atoms with E-state index in [-0.39, 0.29) is 18.1 Å². The minimum absolute atomic E-state index is 0.0979. The fourth-order valence-corrected chi connectivity index (χ4v) is 3.55. The normalized spacial score (nSPS) is 20.1. The summed E-state index contributed by atoms with van der Waals surface area (Å²) >= 11 is 0. The molecular weight excluding hydrogens is 352 g/mol. The molecule has 3 aromatic rings. The van der Waals surface area contributed by atoms with E-state index in [0.29, 0.717) is 18.3 Å². The van der Waals surface area contributed by atoms with Gasteiger partial charge in [-0.05, 0) is 37.8 Å². The van der Waals surface area contributed by atoms with Crippen LogP contribution in [0, 0.1) is 11.6 Å². The number of halogens is 2. The first-order chi connectivity index (χ1) is 13.2. The Morgan fingerprint density at radius 1 is 1.11 bits per heavy atom. The molecule has 6 nitrogen and oxygen atoms in total. The topological polar surface area (TPSA) is 75.7 Å². The molecule has 2 aromatic heterocycles. The summed E-state index contributed by atoms with van der Waals surface area (Å²) < 4.78 is 33.1. The second-order valence-corrected chi connectivity index (χ2v) is 6.79. The number of anilines is 1. The lowest BCUT2D eigenvalue weighted by atomic mass is 9.93. The number of H-pyrrole nitrogens is 1. The number of ether oxygens (including phenoxy) is 1. The van der Waals surface area contributed by atoms with Crippen LogP contribution in [0.5, 0.6) is 0 Å². The number of hydrogen-bond acceptors (Lipinski definition) is 5. The number of aromatic amines is 1. The van der Waals surface area contributed by atoms with Crippen LogP contribution >= 0.6 is 0 Å². The van der Waals surface area contributed by atoms with E-state index in [1.165, 1.54) is 24.5 Å². The lowest BCUT2D eigenvalue weighted by Gasteiger charge is -2.29. The molecule has 1 fully saturated rings. The van der Waals surface area contributed by atoms with Crippen molar-refractivity contribution in [1.82, 2.24) is 20.2 Å². The molecular formula is C19H21F2N5O. The smallest absolute Gasteiger partial charge is 0.160 e. The zero-order valence-electron chi connectivity index (χ0n) is 14.8. The molecule has 0 aliphatic heterocycles. The van der Waals surface area contributed by atoms with Gasteiger partial charge in [-0.25, -0.2) is 18.7 Å². The molecule has 0 spiro atoms. The standard InChI is InChI=1S/C19H21F2N5O/c20-16-2-1-3-17(21)14(16)8-9-27-13-6-4-12(5-7-13)25-18-15-10-24-26-19(15)23-11-22-18/h1-3,10-13H,4-9H2,(H2,22,23,24,25,26). The van der Waals surface area contributed by atoms with Gasteiger partial charge in [0.1, 0.15) is 23.8 Å². The van der Waals surface area contributed by atoms with Gasteiger partial charge >= 0.3 is 0 Å². The van der Waals surface area contributed by atoms with Gasteiger partial charge < -0.3 is 10.1 Å². The highest BCUT2D eigenvalue weighted by atomic mass is 19.1. The summed E-state index contributed by atoms with van der Waals surface area (Å²) in [4.78, 5) is 8.44. The Bertz CT molecular complexity index is 888. The Kier molecular flexibility index (Phi) is 5.24. The van der Waals surface area contributed by atoms with Crippen LogP contribution < -0.4 is 5.32 Å². The lowest BCUT2D eigenvalue weighted by molar-refractivity contribution is 0.0277. The molecule has 0 unspecified atom stereocenters. The van der Waals surface area contributed by atoms with Gasteiger partial charge in [-0.2, -0.15) is 5.10 Å². The Labute approximate surface area is 155 Å². The summed E-state index contributed by atoms with van der Waals surface area (Å²) in [5.41, 5.74) is 0.811. The van der Waals surface area contributed by atoms with Gasteiger partial charge in [0.05, 0.1) is 24.3 Å². The number of benzene rings is 1. The van der Waals surface area contributed by atoms with Crippen molar-refractivity contribution < 1.29 is 13.5 Å². The predicted octanol–water partition coefficient (Wildman–Crippen LogP) is 3.61. The first-order valence-electron chi connectivity index (χ1n) is 9.16. The number of nitrogens with one attached hydrogen (secondary N) is 2. The van der Waals surface area contributed by atoms with Crippen molar-refractivity contribution in [1.29, 1.82) is 0 Å². The highest BCUT2D eigenvalue weighted by molar-refractivity contribution is 5.85. The van der Waals surface area contributed by atoms with E-state index in [0.717, 1.165) is 36.9 Å². The molecule has 0 atom stereocenters. The Morgan fingerprint density at radius 2 is 1.89 bits per heavy atom. The number of nitrogens with zero attached hydrogens (tertiary/aromatic N) is 3. The van der Waals surface area contributed by atoms with E-state index in [1.807, 2.05) is 0 Å². The maximum absolute atomic E-state index is 13.6. The van der Waals surface area contributed by atoms with Crippen LogP contribution in [0.4, 0.5) is 14.6 Å². The van der Waals surface area contributed by atoms with Crippen molar-refractivity contribution in [3.8, 4) is 0 Å². The van der Waals surface area contributed by atoms with Gasteiger partial charge in [0.15, 0.2) is 5.65 Å². The van der Waals surface area contributed by atoms with Crippen molar-refractivity contribution >= 4 is 16.9 Å². The van der Waals surface area contributed by atoms with Crippen molar-refractivity contribution in [2.45, 2.75) is 44.2 Å². The summed E-state index contributed by atoms with van der Waals surface area (Å²) in [6, 6.07) is 4.23. The third-order valence-corrected chi connectivity index (χ3v) is 5.03. The van der Waals surface area contributed by atoms with Crippen LogP contribution in [0.1, 0.15) is 31.2 Å². The second-order valence-electron chi connectivity index (χ2n) is 6.79. The molecule has 1 aromatic carbocycles. The first-order valence-corrected chi connectivity index (χ1v) is 9.16. The maximum Gasteiger partial charge on any atom is 0.160 e. The third-order valence-electron chi connectivity index (χ3n) is 5.03. The van der Waals surface area contributed by atoms with Crippen molar-refractivity contribution in [2.24, 2.45) is 0 Å². The molecule has 1 aliphatic rings. The fraction of sp³-hybridized carbons (Fsp3) is 0.421. The minimum Gasteiger partial charge on any atom is -0.378 e. The molecule has 4 rings (SSSR count). The van der Waals surface area contributed by atoms with Gasteiger partial charge in [-0.15, -0.1) is 0 Å². The molecule has 142 valence electrons. The molecule has 2 heterocycles. The molecule has 0 amide bonds. The molecule has 8 heteroatoms. The van der Waals surface area contributed by atoms with E-state index < -0.39 is 11.6 Å². The average Bonchev–Trinajstić information content (AvgIpc) is 3.15. The number of aromatic nitrogens is 4. The van der Waals surface area contributed by atoms with Gasteiger partial charge in [0.25, 0.3) is 0 Å². The van der Waals surface area contributed by atoms with Gasteiger partial charge in [0.2, 0.25) is 0 Å². The van der Waals surface area contributed by atoms with Crippen LogP contribution in [0.15, 0.2) is 30.7 Å². The fourth-order valence-electron chi connectivity index (χ4n) is 3.55.